The number of likely N-dealkylation sites (tertiary alicyclic amines) is 1. The Hall–Kier alpha value is -3.48. The number of hydrogen-bond acceptors (Lipinski definition) is 8. The van der Waals surface area contributed by atoms with Crippen molar-refractivity contribution >= 4 is 17.1 Å². The van der Waals surface area contributed by atoms with Gasteiger partial charge in [-0.1, -0.05) is 0 Å². The molecule has 2 aromatic heterocycles. The zero-order valence-corrected chi connectivity index (χ0v) is 22.8. The average molecular weight is 541 g/mol. The molecule has 5 rings (SSSR count). The number of aromatic nitrogens is 4. The van der Waals surface area contributed by atoms with Gasteiger partial charge in [-0.05, 0) is 51.1 Å². The van der Waals surface area contributed by atoms with E-state index in [0.29, 0.717) is 44.5 Å². The van der Waals surface area contributed by atoms with Gasteiger partial charge in [-0.25, -0.2) is 9.78 Å². The number of aliphatic hydroxyl groups is 1. The summed E-state index contributed by atoms with van der Waals surface area (Å²) >= 11 is 0. The predicted octanol–water partition coefficient (Wildman–Crippen LogP) is 0.419. The number of amides is 1. The van der Waals surface area contributed by atoms with E-state index in [4.69, 9.17) is 9.47 Å². The van der Waals surface area contributed by atoms with Crippen LogP contribution in [0.3, 0.4) is 0 Å². The molecule has 12 nitrogen and oxygen atoms in total. The van der Waals surface area contributed by atoms with E-state index in [1.165, 1.54) is 17.9 Å². The van der Waals surface area contributed by atoms with Gasteiger partial charge in [-0.3, -0.25) is 18.7 Å². The highest BCUT2D eigenvalue weighted by molar-refractivity contribution is 5.94. The quantitative estimate of drug-likeness (QED) is 0.430. The maximum Gasteiger partial charge on any atom is 0.332 e. The van der Waals surface area contributed by atoms with Crippen LogP contribution in [-0.2, 0) is 18.8 Å². The number of nitrogens with zero attached hydrogens (tertiary/aromatic N) is 5. The number of aryl methyl sites for hydroxylation is 1. The Morgan fingerprint density at radius 1 is 1.18 bits per heavy atom. The van der Waals surface area contributed by atoms with E-state index in [9.17, 15) is 19.5 Å². The maximum atomic E-state index is 13.2. The average Bonchev–Trinajstić information content (AvgIpc) is 3.38. The zero-order valence-electron chi connectivity index (χ0n) is 22.8. The standard InChI is InChI=1S/C27H36N6O6/c1-26(37)16-39-27(15-20(26)33-17-29-22-21(33)24(35)31(4)25(36)30(22)3)9-12-32(13-10-27)23(34)18-5-7-19(8-6-18)38-14-11-28-2/h5-8,17,20,28,37H,9-16H2,1-4H3/t20-,26-/m0/s1. The first-order valence-electron chi connectivity index (χ1n) is 13.2. The number of ether oxygens (including phenoxy) is 2. The third kappa shape index (κ3) is 4.88. The summed E-state index contributed by atoms with van der Waals surface area (Å²) in [5.41, 5.74) is -1.59. The lowest BCUT2D eigenvalue weighted by Gasteiger charge is -2.51. The number of rotatable bonds is 6. The molecule has 1 aromatic carbocycles. The van der Waals surface area contributed by atoms with Crippen molar-refractivity contribution in [2.75, 3.05) is 39.9 Å². The van der Waals surface area contributed by atoms with E-state index >= 15 is 0 Å². The van der Waals surface area contributed by atoms with Gasteiger partial charge in [0.2, 0.25) is 0 Å². The molecule has 0 radical (unpaired) electrons. The van der Waals surface area contributed by atoms with E-state index in [1.807, 2.05) is 11.9 Å². The van der Waals surface area contributed by atoms with Crippen molar-refractivity contribution in [2.45, 2.75) is 43.4 Å². The van der Waals surface area contributed by atoms with Crippen molar-refractivity contribution in [3.8, 4) is 5.75 Å². The number of piperidine rings is 1. The molecule has 4 heterocycles. The first-order valence-corrected chi connectivity index (χ1v) is 13.2. The van der Waals surface area contributed by atoms with Crippen LogP contribution in [0.5, 0.6) is 5.75 Å². The lowest BCUT2D eigenvalue weighted by molar-refractivity contribution is -0.198. The summed E-state index contributed by atoms with van der Waals surface area (Å²) in [5, 5.41) is 14.3. The molecular formula is C27H36N6O6. The summed E-state index contributed by atoms with van der Waals surface area (Å²) < 4.78 is 16.0. The van der Waals surface area contributed by atoms with Gasteiger partial charge in [0, 0.05) is 45.7 Å². The van der Waals surface area contributed by atoms with Crippen molar-refractivity contribution in [3.63, 3.8) is 0 Å². The van der Waals surface area contributed by atoms with Gasteiger partial charge in [0.1, 0.15) is 18.0 Å². The van der Waals surface area contributed by atoms with Crippen molar-refractivity contribution in [3.05, 3.63) is 57.0 Å². The van der Waals surface area contributed by atoms with Crippen molar-refractivity contribution in [1.82, 2.24) is 28.9 Å². The number of benzene rings is 1. The largest absolute Gasteiger partial charge is 0.492 e. The molecule has 0 bridgehead atoms. The summed E-state index contributed by atoms with van der Waals surface area (Å²) in [6.45, 7) is 4.07. The molecule has 0 aliphatic carbocycles. The summed E-state index contributed by atoms with van der Waals surface area (Å²) in [6, 6.07) is 6.67. The topological polar surface area (TPSA) is 133 Å². The molecule has 39 heavy (non-hydrogen) atoms. The van der Waals surface area contributed by atoms with E-state index < -0.39 is 28.5 Å². The van der Waals surface area contributed by atoms with Crippen LogP contribution >= 0.6 is 0 Å². The Balaban J connectivity index is 1.32. The van der Waals surface area contributed by atoms with Crippen LogP contribution in [0.4, 0.5) is 0 Å². The molecule has 0 unspecified atom stereocenters. The van der Waals surface area contributed by atoms with Gasteiger partial charge >= 0.3 is 5.69 Å². The van der Waals surface area contributed by atoms with Crippen LogP contribution in [0.25, 0.3) is 11.2 Å². The first kappa shape index (κ1) is 27.1. The second-order valence-corrected chi connectivity index (χ2v) is 10.8. The molecule has 2 saturated heterocycles. The minimum atomic E-state index is -1.26. The van der Waals surface area contributed by atoms with Gasteiger partial charge in [-0.15, -0.1) is 0 Å². The van der Waals surface area contributed by atoms with Gasteiger partial charge < -0.3 is 29.4 Å². The third-order valence-electron chi connectivity index (χ3n) is 8.15. The highest BCUT2D eigenvalue weighted by Crippen LogP contribution is 2.44. The number of carbonyl (C=O) groups is 1. The minimum absolute atomic E-state index is 0.0454. The van der Waals surface area contributed by atoms with Crippen LogP contribution in [0.2, 0.25) is 0 Å². The molecular weight excluding hydrogens is 504 g/mol. The summed E-state index contributed by atoms with van der Waals surface area (Å²) in [5.74, 6) is 0.672. The monoisotopic (exact) mass is 540 g/mol. The highest BCUT2D eigenvalue weighted by atomic mass is 16.5. The fourth-order valence-electron chi connectivity index (χ4n) is 5.64. The van der Waals surface area contributed by atoms with Gasteiger partial charge in [0.15, 0.2) is 11.2 Å². The Morgan fingerprint density at radius 2 is 1.87 bits per heavy atom. The Bertz CT molecular complexity index is 1480. The molecule has 2 N–H and O–H groups in total. The lowest BCUT2D eigenvalue weighted by Crippen LogP contribution is -2.57. The van der Waals surface area contributed by atoms with Crippen molar-refractivity contribution in [1.29, 1.82) is 0 Å². The summed E-state index contributed by atoms with van der Waals surface area (Å²) in [4.78, 5) is 44.8. The van der Waals surface area contributed by atoms with E-state index in [-0.39, 0.29) is 23.7 Å². The van der Waals surface area contributed by atoms with Crippen molar-refractivity contribution < 1.29 is 19.4 Å². The second-order valence-electron chi connectivity index (χ2n) is 10.8. The minimum Gasteiger partial charge on any atom is -0.492 e. The van der Waals surface area contributed by atoms with E-state index in [0.717, 1.165) is 16.9 Å². The predicted molar refractivity (Wildman–Crippen MR) is 144 cm³/mol. The van der Waals surface area contributed by atoms with Crippen LogP contribution < -0.4 is 21.3 Å². The van der Waals surface area contributed by atoms with Gasteiger partial charge in [0.25, 0.3) is 11.5 Å². The molecule has 1 spiro atoms. The molecule has 2 fully saturated rings. The number of imidazole rings is 1. The summed E-state index contributed by atoms with van der Waals surface area (Å²) in [7, 11) is 4.87. The van der Waals surface area contributed by atoms with Gasteiger partial charge in [-0.2, -0.15) is 0 Å². The normalized spacial score (nSPS) is 22.9. The molecule has 3 aromatic rings. The fourth-order valence-corrected chi connectivity index (χ4v) is 5.64. The number of likely N-dealkylation sites (N-methyl/N-ethyl adjacent to an activating group) is 1. The fraction of sp³-hybridized carbons (Fsp3) is 0.556. The van der Waals surface area contributed by atoms with Crippen LogP contribution in [0.15, 0.2) is 40.2 Å². The molecule has 1 amide bonds. The van der Waals surface area contributed by atoms with Gasteiger partial charge in [0.05, 0.1) is 24.6 Å². The van der Waals surface area contributed by atoms with E-state index in [2.05, 4.69) is 10.3 Å². The first-order chi connectivity index (χ1) is 18.6. The smallest absolute Gasteiger partial charge is 0.332 e. The number of carbonyl (C=O) groups excluding carboxylic acids is 1. The summed E-state index contributed by atoms with van der Waals surface area (Å²) in [6.07, 6.45) is 3.16. The molecule has 2 aliphatic rings. The zero-order chi connectivity index (χ0) is 27.9. The lowest BCUT2D eigenvalue weighted by atomic mass is 9.77. The number of hydrogen-bond donors (Lipinski definition) is 2. The second kappa shape index (κ2) is 10.2. The van der Waals surface area contributed by atoms with E-state index in [1.54, 1.807) is 42.8 Å². The SMILES string of the molecule is CNCCOc1ccc(C(=O)N2CCC3(CC2)C[C@H](n2cnc4c2c(=O)n(C)c(=O)n4C)[C@@](C)(O)CO3)cc1. The molecule has 210 valence electrons. The molecule has 2 aliphatic heterocycles. The third-order valence-corrected chi connectivity index (χ3v) is 8.15. The molecule has 0 saturated carbocycles. The van der Waals surface area contributed by atoms with Crippen LogP contribution in [0, 0.1) is 0 Å². The Kier molecular flexibility index (Phi) is 7.12. The molecule has 12 heteroatoms. The van der Waals surface area contributed by atoms with Crippen molar-refractivity contribution in [2.24, 2.45) is 14.1 Å². The molecule has 2 atom stereocenters. The number of fused-ring (bicyclic) bond motifs is 1. The highest BCUT2D eigenvalue weighted by Gasteiger charge is 2.50. The van der Waals surface area contributed by atoms with Crippen LogP contribution in [-0.4, -0.2) is 85.7 Å². The Labute approximate surface area is 225 Å². The maximum absolute atomic E-state index is 13.2. The number of nitrogens with one attached hydrogen (secondary N) is 1. The van der Waals surface area contributed by atoms with Crippen LogP contribution in [0.1, 0.15) is 42.6 Å². The Morgan fingerprint density at radius 3 is 2.54 bits per heavy atom.